The van der Waals surface area contributed by atoms with Crippen LogP contribution in [0.1, 0.15) is 25.0 Å². The fourth-order valence-corrected chi connectivity index (χ4v) is 7.97. The Labute approximate surface area is 282 Å². The Morgan fingerprint density at radius 1 is 0.396 bits per heavy atom. The maximum Gasteiger partial charge on any atom is 0.0546 e. The molecule has 228 valence electrons. The van der Waals surface area contributed by atoms with Crippen molar-refractivity contribution < 1.29 is 0 Å². The van der Waals surface area contributed by atoms with Gasteiger partial charge in [0.2, 0.25) is 0 Å². The molecule has 0 amide bonds. The third-order valence-corrected chi connectivity index (χ3v) is 10.2. The van der Waals surface area contributed by atoms with Crippen LogP contribution in [0.4, 0.5) is 17.1 Å². The molecule has 0 atom stereocenters. The minimum Gasteiger partial charge on any atom is -0.310 e. The van der Waals surface area contributed by atoms with Crippen LogP contribution < -0.4 is 4.90 Å². The van der Waals surface area contributed by atoms with Crippen LogP contribution in [0.5, 0.6) is 0 Å². The van der Waals surface area contributed by atoms with E-state index in [0.29, 0.717) is 0 Å². The number of fused-ring (bicyclic) bond motifs is 6. The van der Waals surface area contributed by atoms with Crippen molar-refractivity contribution in [3.8, 4) is 33.4 Å². The molecule has 8 aromatic rings. The first-order valence-electron chi connectivity index (χ1n) is 16.8. The van der Waals surface area contributed by atoms with Crippen LogP contribution in [0.2, 0.25) is 0 Å². The van der Waals surface area contributed by atoms with Gasteiger partial charge in [0.1, 0.15) is 0 Å². The van der Waals surface area contributed by atoms with E-state index in [2.05, 4.69) is 195 Å². The molecule has 1 aliphatic carbocycles. The molecule has 8 aromatic carbocycles. The van der Waals surface area contributed by atoms with Gasteiger partial charge < -0.3 is 4.90 Å². The Hall–Kier alpha value is -5.92. The van der Waals surface area contributed by atoms with Gasteiger partial charge in [-0.05, 0) is 91.0 Å². The second kappa shape index (κ2) is 11.1. The molecular weight excluding hydrogens is 579 g/mol. The summed E-state index contributed by atoms with van der Waals surface area (Å²) in [5.41, 5.74) is 13.6. The molecular formula is C47H35N. The average Bonchev–Trinajstić information content (AvgIpc) is 3.38. The summed E-state index contributed by atoms with van der Waals surface area (Å²) in [6.45, 7) is 4.75. The summed E-state index contributed by atoms with van der Waals surface area (Å²) in [4.78, 5) is 2.48. The van der Waals surface area contributed by atoms with Gasteiger partial charge in [0, 0.05) is 22.2 Å². The fraction of sp³-hybridized carbons (Fsp3) is 0.0638. The van der Waals surface area contributed by atoms with E-state index < -0.39 is 0 Å². The average molecular weight is 614 g/mol. The van der Waals surface area contributed by atoms with E-state index in [4.69, 9.17) is 0 Å². The van der Waals surface area contributed by atoms with Crippen LogP contribution >= 0.6 is 0 Å². The second-order valence-corrected chi connectivity index (χ2v) is 13.4. The van der Waals surface area contributed by atoms with Gasteiger partial charge in [-0.2, -0.15) is 0 Å². The van der Waals surface area contributed by atoms with Gasteiger partial charge in [-0.15, -0.1) is 0 Å². The number of hydrogen-bond acceptors (Lipinski definition) is 1. The summed E-state index contributed by atoms with van der Waals surface area (Å²) in [5, 5.41) is 4.98. The predicted octanol–water partition coefficient (Wildman–Crippen LogP) is 13.1. The summed E-state index contributed by atoms with van der Waals surface area (Å²) >= 11 is 0. The van der Waals surface area contributed by atoms with Crippen molar-refractivity contribution in [1.29, 1.82) is 0 Å². The van der Waals surface area contributed by atoms with E-state index in [1.165, 1.54) is 71.7 Å². The van der Waals surface area contributed by atoms with Gasteiger partial charge in [-0.1, -0.05) is 159 Å². The molecule has 9 rings (SSSR count). The summed E-state index contributed by atoms with van der Waals surface area (Å²) < 4.78 is 0. The van der Waals surface area contributed by atoms with Gasteiger partial charge >= 0.3 is 0 Å². The Bertz CT molecular complexity index is 2460. The quantitative estimate of drug-likeness (QED) is 0.175. The van der Waals surface area contributed by atoms with E-state index >= 15 is 0 Å². The fourth-order valence-electron chi connectivity index (χ4n) is 7.97. The van der Waals surface area contributed by atoms with Crippen molar-refractivity contribution in [3.05, 3.63) is 187 Å². The zero-order valence-electron chi connectivity index (χ0n) is 27.2. The first-order valence-corrected chi connectivity index (χ1v) is 16.8. The van der Waals surface area contributed by atoms with Crippen molar-refractivity contribution in [2.75, 3.05) is 4.90 Å². The molecule has 0 radical (unpaired) electrons. The van der Waals surface area contributed by atoms with E-state index in [1.807, 2.05) is 0 Å². The van der Waals surface area contributed by atoms with Gasteiger partial charge in [0.25, 0.3) is 0 Å². The molecule has 0 N–H and O–H groups in total. The molecule has 0 aromatic heterocycles. The van der Waals surface area contributed by atoms with Crippen LogP contribution in [-0.2, 0) is 5.41 Å². The Kier molecular flexibility index (Phi) is 6.55. The molecule has 48 heavy (non-hydrogen) atoms. The number of hydrogen-bond donors (Lipinski definition) is 0. The zero-order chi connectivity index (χ0) is 32.2. The summed E-state index contributed by atoms with van der Waals surface area (Å²) in [7, 11) is 0. The summed E-state index contributed by atoms with van der Waals surface area (Å²) in [6, 6.07) is 64.4. The van der Waals surface area contributed by atoms with Gasteiger partial charge in [-0.25, -0.2) is 0 Å². The largest absolute Gasteiger partial charge is 0.310 e. The minimum atomic E-state index is -0.132. The van der Waals surface area contributed by atoms with E-state index in [0.717, 1.165) is 11.4 Å². The van der Waals surface area contributed by atoms with Crippen molar-refractivity contribution in [2.24, 2.45) is 0 Å². The third kappa shape index (κ3) is 4.47. The normalized spacial score (nSPS) is 13.0. The lowest BCUT2D eigenvalue weighted by atomic mass is 9.78. The van der Waals surface area contributed by atoms with Crippen molar-refractivity contribution >= 4 is 38.6 Å². The topological polar surface area (TPSA) is 3.24 Å². The van der Waals surface area contributed by atoms with Crippen molar-refractivity contribution in [2.45, 2.75) is 19.3 Å². The zero-order valence-corrected chi connectivity index (χ0v) is 27.2. The van der Waals surface area contributed by atoms with E-state index in [9.17, 15) is 0 Å². The highest BCUT2D eigenvalue weighted by Gasteiger charge is 2.38. The van der Waals surface area contributed by atoms with E-state index in [1.54, 1.807) is 0 Å². The lowest BCUT2D eigenvalue weighted by Crippen LogP contribution is -2.17. The molecule has 1 aliphatic rings. The number of anilines is 3. The lowest BCUT2D eigenvalue weighted by Gasteiger charge is -2.30. The van der Waals surface area contributed by atoms with Crippen LogP contribution in [0.25, 0.3) is 54.9 Å². The monoisotopic (exact) mass is 613 g/mol. The third-order valence-electron chi connectivity index (χ3n) is 10.2. The van der Waals surface area contributed by atoms with Crippen molar-refractivity contribution in [1.82, 2.24) is 0 Å². The second-order valence-electron chi connectivity index (χ2n) is 13.4. The smallest absolute Gasteiger partial charge is 0.0546 e. The van der Waals surface area contributed by atoms with Crippen LogP contribution in [0, 0.1) is 0 Å². The minimum absolute atomic E-state index is 0.132. The van der Waals surface area contributed by atoms with Crippen LogP contribution in [0.3, 0.4) is 0 Å². The maximum atomic E-state index is 2.48. The van der Waals surface area contributed by atoms with Crippen LogP contribution in [0.15, 0.2) is 176 Å². The molecule has 1 heteroatoms. The van der Waals surface area contributed by atoms with E-state index in [-0.39, 0.29) is 5.41 Å². The SMILES string of the molecule is CC1(C)c2ccccc2-c2cc(N(c3ccc(-c4ccccc4)cc3)c3cc4ccccc4c4ccccc34)cc(-c3ccccc3)c21. The molecule has 0 saturated carbocycles. The highest BCUT2D eigenvalue weighted by atomic mass is 15.1. The van der Waals surface area contributed by atoms with Gasteiger partial charge in [0.05, 0.1) is 5.69 Å². The highest BCUT2D eigenvalue weighted by Crippen LogP contribution is 2.55. The molecule has 1 nitrogen and oxygen atoms in total. The highest BCUT2D eigenvalue weighted by molar-refractivity contribution is 6.14. The molecule has 0 bridgehead atoms. The molecule has 0 aliphatic heterocycles. The standard InChI is InChI=1S/C47H35N/c1-47(2)44-24-14-13-22-40(44)43-31-37(30-42(46(43)47)34-17-7-4-8-18-34)48(36-27-25-33(26-28-36)32-15-5-3-6-16-32)45-29-35-19-9-10-20-38(35)39-21-11-12-23-41(39)45/h3-31H,1-2H3. The van der Waals surface area contributed by atoms with Crippen LogP contribution in [-0.4, -0.2) is 0 Å². The maximum absolute atomic E-state index is 2.48. The molecule has 0 saturated heterocycles. The van der Waals surface area contributed by atoms with Gasteiger partial charge in [0.15, 0.2) is 0 Å². The summed E-state index contributed by atoms with van der Waals surface area (Å²) in [5.74, 6) is 0. The number of benzene rings is 8. The Balaban J connectivity index is 1.36. The Morgan fingerprint density at radius 3 is 1.71 bits per heavy atom. The molecule has 0 fully saturated rings. The predicted molar refractivity (Wildman–Crippen MR) is 205 cm³/mol. The lowest BCUT2D eigenvalue weighted by molar-refractivity contribution is 0.662. The number of rotatable bonds is 5. The molecule has 0 heterocycles. The first-order chi connectivity index (χ1) is 23.6. The first kappa shape index (κ1) is 28.3. The molecule has 0 unspecified atom stereocenters. The van der Waals surface area contributed by atoms with Crippen molar-refractivity contribution in [3.63, 3.8) is 0 Å². The molecule has 0 spiro atoms. The Morgan fingerprint density at radius 2 is 0.958 bits per heavy atom. The summed E-state index contributed by atoms with van der Waals surface area (Å²) in [6.07, 6.45) is 0. The van der Waals surface area contributed by atoms with Gasteiger partial charge in [-0.3, -0.25) is 0 Å². The number of nitrogens with zero attached hydrogens (tertiary/aromatic N) is 1.